The molecule has 0 saturated heterocycles. The Bertz CT molecular complexity index is 1600. The molecular weight excluding hydrogens is 1010 g/mol. The van der Waals surface area contributed by atoms with E-state index in [1.54, 1.807) is 0 Å². The second-order valence-electron chi connectivity index (χ2n) is 24.0. The van der Waals surface area contributed by atoms with Gasteiger partial charge in [-0.25, -0.2) is 4.57 Å². The second kappa shape index (κ2) is 59.6. The minimum Gasteiger partial charge on any atom is -0.456 e. The number of hydrogen-bond donors (Lipinski definition) is 2. The van der Waals surface area contributed by atoms with Crippen molar-refractivity contribution < 1.29 is 37.3 Å². The molecule has 0 bridgehead atoms. The van der Waals surface area contributed by atoms with Crippen LogP contribution < -0.4 is 5.32 Å². The van der Waals surface area contributed by atoms with E-state index in [4.69, 9.17) is 13.8 Å². The van der Waals surface area contributed by atoms with Crippen molar-refractivity contribution >= 4 is 19.7 Å². The van der Waals surface area contributed by atoms with E-state index >= 15 is 0 Å². The third kappa shape index (κ3) is 60.1. The number of carbonyl (C=O) groups is 2. The molecule has 0 aliphatic heterocycles. The van der Waals surface area contributed by atoms with Gasteiger partial charge in [-0.1, -0.05) is 267 Å². The normalized spacial score (nSPS) is 14.0. The maximum atomic E-state index is 13.6. The van der Waals surface area contributed by atoms with Crippen molar-refractivity contribution in [1.82, 2.24) is 5.32 Å². The van der Waals surface area contributed by atoms with Crippen LogP contribution in [0.3, 0.4) is 0 Å². The fourth-order valence-corrected chi connectivity index (χ4v) is 10.4. The molecule has 2 N–H and O–H groups in total. The number of hydrogen-bond acceptors (Lipinski definition) is 6. The Morgan fingerprint density at radius 2 is 0.762 bits per heavy atom. The van der Waals surface area contributed by atoms with Crippen LogP contribution in [0.4, 0.5) is 0 Å². The summed E-state index contributed by atoms with van der Waals surface area (Å²) in [6, 6.07) is -0.857. The smallest absolute Gasteiger partial charge is 0.456 e. The first kappa shape index (κ1) is 77.5. The number of nitrogens with one attached hydrogen (secondary N) is 1. The van der Waals surface area contributed by atoms with Gasteiger partial charge in [0.15, 0.2) is 0 Å². The average molecular weight is 1140 g/mol. The summed E-state index contributed by atoms with van der Waals surface area (Å²) >= 11 is 0. The molecule has 0 spiro atoms. The molecule has 0 aliphatic carbocycles. The van der Waals surface area contributed by atoms with Crippen molar-refractivity contribution in [3.05, 3.63) is 72.9 Å². The Morgan fingerprint density at radius 1 is 0.438 bits per heavy atom. The summed E-state index contributed by atoms with van der Waals surface area (Å²) in [6.07, 6.45) is 77.5. The first-order chi connectivity index (χ1) is 38.9. The number of nitrogens with zero attached hydrogens (tertiary/aromatic N) is 1. The largest absolute Gasteiger partial charge is 0.472 e. The third-order valence-corrected chi connectivity index (χ3v) is 15.9. The molecule has 0 aliphatic rings. The van der Waals surface area contributed by atoms with E-state index in [1.807, 2.05) is 33.3 Å². The first-order valence-electron chi connectivity index (χ1n) is 33.8. The van der Waals surface area contributed by atoms with Crippen LogP contribution in [-0.4, -0.2) is 74.3 Å². The van der Waals surface area contributed by atoms with Crippen molar-refractivity contribution in [3.8, 4) is 0 Å². The number of rotatable bonds is 61. The lowest BCUT2D eigenvalue weighted by atomic mass is 10.0. The van der Waals surface area contributed by atoms with Gasteiger partial charge in [-0.15, -0.1) is 0 Å². The molecule has 0 rings (SSSR count). The lowest BCUT2D eigenvalue weighted by Gasteiger charge is -2.27. The summed E-state index contributed by atoms with van der Waals surface area (Å²) in [5, 5.41) is 3.06. The maximum absolute atomic E-state index is 13.6. The molecule has 0 aromatic rings. The molecule has 0 aromatic heterocycles. The van der Waals surface area contributed by atoms with Crippen molar-refractivity contribution in [2.24, 2.45) is 0 Å². The summed E-state index contributed by atoms with van der Waals surface area (Å²) < 4.78 is 30.8. The van der Waals surface area contributed by atoms with Crippen LogP contribution >= 0.6 is 7.82 Å². The Hall–Kier alpha value is -2.55. The number of phosphoric acid groups is 1. The molecule has 80 heavy (non-hydrogen) atoms. The zero-order valence-corrected chi connectivity index (χ0v) is 54.2. The fourth-order valence-electron chi connectivity index (χ4n) is 9.63. The number of allylic oxidation sites excluding steroid dienone is 11. The van der Waals surface area contributed by atoms with Crippen molar-refractivity contribution in [1.29, 1.82) is 0 Å². The van der Waals surface area contributed by atoms with Gasteiger partial charge < -0.3 is 19.4 Å². The van der Waals surface area contributed by atoms with E-state index in [2.05, 4.69) is 86.8 Å². The summed E-state index contributed by atoms with van der Waals surface area (Å²) in [7, 11) is 1.49. The molecule has 10 heteroatoms. The quantitative estimate of drug-likeness (QED) is 0.0205. The molecule has 0 aromatic carbocycles. The van der Waals surface area contributed by atoms with Crippen molar-refractivity contribution in [3.63, 3.8) is 0 Å². The average Bonchev–Trinajstić information content (AvgIpc) is 3.43. The molecule has 1 amide bonds. The predicted molar refractivity (Wildman–Crippen MR) is 346 cm³/mol. The highest BCUT2D eigenvalue weighted by Crippen LogP contribution is 2.43. The molecule has 3 atom stereocenters. The lowest BCUT2D eigenvalue weighted by Crippen LogP contribution is -2.47. The summed E-state index contributed by atoms with van der Waals surface area (Å²) in [4.78, 5) is 37.8. The van der Waals surface area contributed by atoms with Gasteiger partial charge in [0, 0.05) is 12.8 Å². The molecule has 0 saturated carbocycles. The van der Waals surface area contributed by atoms with Crippen LogP contribution in [0.2, 0.25) is 0 Å². The lowest BCUT2D eigenvalue weighted by molar-refractivity contribution is -0.870. The van der Waals surface area contributed by atoms with E-state index in [0.717, 1.165) is 89.9 Å². The second-order valence-corrected chi connectivity index (χ2v) is 25.4. The SMILES string of the molecule is CCCCC/C=C\C/C=C\C/C=C\C/C=C\CCCCCCCCCC(=O)OC(/C=C/CCCCCCCCCCCC)C(COP(=O)(O)OCC[N+](C)(C)C)NC(=O)CCCCCCCCCCC/C=C/CCCCCCCC. The van der Waals surface area contributed by atoms with Gasteiger partial charge in [-0.2, -0.15) is 0 Å². The number of unbranched alkanes of at least 4 members (excludes halogenated alkanes) is 35. The van der Waals surface area contributed by atoms with E-state index < -0.39 is 20.0 Å². The van der Waals surface area contributed by atoms with Gasteiger partial charge in [-0.3, -0.25) is 18.6 Å². The van der Waals surface area contributed by atoms with Gasteiger partial charge >= 0.3 is 13.8 Å². The van der Waals surface area contributed by atoms with Crippen LogP contribution in [0, 0.1) is 0 Å². The Morgan fingerprint density at radius 3 is 1.18 bits per heavy atom. The van der Waals surface area contributed by atoms with Gasteiger partial charge in [0.05, 0.1) is 33.8 Å². The molecule has 0 radical (unpaired) electrons. The van der Waals surface area contributed by atoms with Crippen LogP contribution in [-0.2, 0) is 27.9 Å². The standard InChI is InChI=1S/C70H129N2O7P/c1-7-10-13-16-19-22-25-28-30-32-34-35-36-37-39-41-43-45-48-51-54-57-60-63-70(74)79-68(61-58-55-52-49-46-27-24-21-18-15-12-9-3)67(66-78-80(75,76)77-65-64-72(4,5)6)71-69(73)62-59-56-53-50-47-44-42-40-38-33-31-29-26-23-20-17-14-11-8-2/h19,22,28-31,34-35,37,39,58,61,67-68H,7-18,20-21,23-27,32-33,36,38,40-57,59-60,62-66H2,1-6H3,(H-,71,73,75,76)/p+1/b22-19-,30-28-,31-29+,35-34-,39-37-,61-58+. The maximum Gasteiger partial charge on any atom is 0.472 e. The van der Waals surface area contributed by atoms with E-state index in [9.17, 15) is 19.0 Å². The minimum absolute atomic E-state index is 0.0363. The Kier molecular flexibility index (Phi) is 57.7. The summed E-state index contributed by atoms with van der Waals surface area (Å²) in [6.45, 7) is 6.99. The fraction of sp³-hybridized carbons (Fsp3) is 0.800. The van der Waals surface area contributed by atoms with Crippen molar-refractivity contribution in [2.45, 2.75) is 322 Å². The Labute approximate surface area is 495 Å². The van der Waals surface area contributed by atoms with Gasteiger partial charge in [-0.05, 0) is 102 Å². The van der Waals surface area contributed by atoms with E-state index in [-0.39, 0.29) is 31.5 Å². The van der Waals surface area contributed by atoms with E-state index in [1.165, 1.54) is 186 Å². The highest BCUT2D eigenvalue weighted by atomic mass is 31.2. The first-order valence-corrected chi connectivity index (χ1v) is 35.3. The van der Waals surface area contributed by atoms with E-state index in [0.29, 0.717) is 17.4 Å². The number of carbonyl (C=O) groups excluding carboxylic acids is 2. The van der Waals surface area contributed by atoms with Gasteiger partial charge in [0.25, 0.3) is 0 Å². The van der Waals surface area contributed by atoms with Crippen LogP contribution in [0.25, 0.3) is 0 Å². The van der Waals surface area contributed by atoms with Gasteiger partial charge in [0.1, 0.15) is 19.3 Å². The zero-order valence-electron chi connectivity index (χ0n) is 53.3. The Balaban J connectivity index is 5.18. The molecular formula is C70H130N2O7P+. The third-order valence-electron chi connectivity index (χ3n) is 14.9. The number of quaternary nitrogens is 1. The van der Waals surface area contributed by atoms with Crippen LogP contribution in [0.5, 0.6) is 0 Å². The summed E-state index contributed by atoms with van der Waals surface area (Å²) in [5.41, 5.74) is 0. The molecule has 0 heterocycles. The van der Waals surface area contributed by atoms with Crippen LogP contribution in [0.15, 0.2) is 72.9 Å². The number of likely N-dealkylation sites (N-methyl/N-ethyl adjacent to an activating group) is 1. The monoisotopic (exact) mass is 1140 g/mol. The van der Waals surface area contributed by atoms with Gasteiger partial charge in [0.2, 0.25) is 5.91 Å². The highest BCUT2D eigenvalue weighted by molar-refractivity contribution is 7.47. The highest BCUT2D eigenvalue weighted by Gasteiger charge is 2.30. The predicted octanol–water partition coefficient (Wildman–Crippen LogP) is 21.2. The van der Waals surface area contributed by atoms with Crippen molar-refractivity contribution in [2.75, 3.05) is 40.9 Å². The topological polar surface area (TPSA) is 111 Å². The zero-order chi connectivity index (χ0) is 58.6. The number of phosphoric ester groups is 1. The molecule has 9 nitrogen and oxygen atoms in total. The molecule has 3 unspecified atom stereocenters. The number of esters is 1. The molecule has 0 fully saturated rings. The minimum atomic E-state index is -4.46. The number of amides is 1. The number of ether oxygens (including phenoxy) is 1. The van der Waals surface area contributed by atoms with Crippen LogP contribution in [0.1, 0.15) is 310 Å². The summed E-state index contributed by atoms with van der Waals surface area (Å²) in [5.74, 6) is -0.513. The molecule has 466 valence electrons.